The first-order valence-corrected chi connectivity index (χ1v) is 20.0. The summed E-state index contributed by atoms with van der Waals surface area (Å²) in [6.45, 7) is 7.37. The number of ether oxygens (including phenoxy) is 2. The fraction of sp³-hybridized carbons (Fsp3) is 0.292. The summed E-state index contributed by atoms with van der Waals surface area (Å²) in [7, 11) is 0. The van der Waals surface area contributed by atoms with Crippen molar-refractivity contribution in [1.82, 2.24) is 10.6 Å². The Bertz CT molecular complexity index is 2080. The van der Waals surface area contributed by atoms with Gasteiger partial charge in [0.1, 0.15) is 13.2 Å². The number of carbonyl (C=O) groups is 6. The van der Waals surface area contributed by atoms with Crippen LogP contribution in [0.5, 0.6) is 0 Å². The lowest BCUT2D eigenvalue weighted by Gasteiger charge is -2.14. The first kappa shape index (κ1) is 41.2. The van der Waals surface area contributed by atoms with Crippen molar-refractivity contribution in [3.63, 3.8) is 0 Å². The molecule has 0 saturated carbocycles. The van der Waals surface area contributed by atoms with Crippen LogP contribution in [0.1, 0.15) is 137 Å². The Morgan fingerprint density at radius 1 is 0.448 bits per heavy atom. The van der Waals surface area contributed by atoms with Crippen molar-refractivity contribution >= 4 is 35.6 Å². The topological polar surface area (TPSA) is 145 Å². The number of rotatable bonds is 21. The molecule has 0 fully saturated rings. The third-order valence-electron chi connectivity index (χ3n) is 10.6. The molecule has 0 radical (unpaired) electrons. The van der Waals surface area contributed by atoms with E-state index >= 15 is 0 Å². The summed E-state index contributed by atoms with van der Waals surface area (Å²) in [5, 5.41) is 4.84. The molecule has 0 unspecified atom stereocenters. The number of hydrogen-bond donors (Lipinski definition) is 2. The van der Waals surface area contributed by atoms with Gasteiger partial charge >= 0.3 is 11.9 Å². The van der Waals surface area contributed by atoms with E-state index in [1.165, 1.54) is 12.2 Å². The van der Waals surface area contributed by atoms with E-state index in [-0.39, 0.29) is 13.2 Å². The molecule has 0 bridgehead atoms. The second kappa shape index (κ2) is 19.6. The van der Waals surface area contributed by atoms with E-state index in [0.29, 0.717) is 33.4 Å². The standard InChI is InChI=1S/C48H48N2O8/c1-3-29-57-47(55)35-21-17-33(18-22-35)39-31(25-27-37-41(39)45(53)49-43(37)51)15-13-11-9-7-5-6-8-10-12-14-16-32-26-28-38-42(46(54)50-44(38)52)40(32)34-19-23-36(24-20-34)48(56)58-30-4-2/h3-4,17-28H,1-2,5-16,29-30H2,(H,49,51,53)(H,50,52,54). The van der Waals surface area contributed by atoms with Gasteiger partial charge in [0.25, 0.3) is 23.6 Å². The molecule has 10 nitrogen and oxygen atoms in total. The molecule has 0 atom stereocenters. The van der Waals surface area contributed by atoms with Gasteiger partial charge in [0.2, 0.25) is 0 Å². The predicted molar refractivity (Wildman–Crippen MR) is 222 cm³/mol. The highest BCUT2D eigenvalue weighted by atomic mass is 16.5. The minimum absolute atomic E-state index is 0.117. The molecule has 2 N–H and O–H groups in total. The van der Waals surface area contributed by atoms with Crippen molar-refractivity contribution in [2.45, 2.75) is 77.0 Å². The number of benzene rings is 4. The van der Waals surface area contributed by atoms with E-state index < -0.39 is 35.6 Å². The molecule has 0 saturated heterocycles. The van der Waals surface area contributed by atoms with E-state index in [0.717, 1.165) is 110 Å². The van der Waals surface area contributed by atoms with Crippen LogP contribution in [-0.2, 0) is 22.3 Å². The number of imide groups is 2. The minimum Gasteiger partial charge on any atom is -0.458 e. The van der Waals surface area contributed by atoms with Crippen LogP contribution in [0.4, 0.5) is 0 Å². The average Bonchev–Trinajstić information content (AvgIpc) is 3.70. The molecule has 2 heterocycles. The van der Waals surface area contributed by atoms with Crippen molar-refractivity contribution < 1.29 is 38.2 Å². The Hall–Kier alpha value is -6.42. The summed E-state index contributed by atoms with van der Waals surface area (Å²) >= 11 is 0. The van der Waals surface area contributed by atoms with Crippen LogP contribution in [-0.4, -0.2) is 48.8 Å². The maximum atomic E-state index is 12.9. The fourth-order valence-corrected chi connectivity index (χ4v) is 7.71. The molecule has 2 aliphatic rings. The first-order valence-electron chi connectivity index (χ1n) is 20.0. The molecular weight excluding hydrogens is 733 g/mol. The third-order valence-corrected chi connectivity index (χ3v) is 10.6. The maximum Gasteiger partial charge on any atom is 0.338 e. The molecule has 6 rings (SSSR count). The zero-order valence-corrected chi connectivity index (χ0v) is 32.7. The normalized spacial score (nSPS) is 12.8. The van der Waals surface area contributed by atoms with E-state index in [4.69, 9.17) is 9.47 Å². The van der Waals surface area contributed by atoms with E-state index in [1.807, 2.05) is 12.1 Å². The number of fused-ring (bicyclic) bond motifs is 2. The molecule has 4 aromatic carbocycles. The van der Waals surface area contributed by atoms with Crippen molar-refractivity contribution in [2.75, 3.05) is 13.2 Å². The first-order chi connectivity index (χ1) is 28.2. The number of esters is 2. The number of carbonyl (C=O) groups excluding carboxylic acids is 6. The van der Waals surface area contributed by atoms with Crippen molar-refractivity contribution in [2.24, 2.45) is 0 Å². The number of nitrogens with one attached hydrogen (secondary N) is 2. The highest BCUT2D eigenvalue weighted by Crippen LogP contribution is 2.36. The molecular formula is C48H48N2O8. The zero-order valence-electron chi connectivity index (χ0n) is 32.7. The quantitative estimate of drug-likeness (QED) is 0.0369. The van der Waals surface area contributed by atoms with Crippen LogP contribution in [0, 0.1) is 0 Å². The van der Waals surface area contributed by atoms with E-state index in [2.05, 4.69) is 23.8 Å². The summed E-state index contributed by atoms with van der Waals surface area (Å²) in [5.41, 5.74) is 7.28. The van der Waals surface area contributed by atoms with Crippen LogP contribution in [0.15, 0.2) is 98.1 Å². The van der Waals surface area contributed by atoms with Gasteiger partial charge in [0.05, 0.1) is 33.4 Å². The van der Waals surface area contributed by atoms with Crippen molar-refractivity contribution in [3.05, 3.63) is 143 Å². The van der Waals surface area contributed by atoms with Gasteiger partial charge in [0, 0.05) is 0 Å². The largest absolute Gasteiger partial charge is 0.458 e. The van der Waals surface area contributed by atoms with Crippen molar-refractivity contribution in [3.8, 4) is 22.3 Å². The molecule has 0 aromatic heterocycles. The summed E-state index contributed by atoms with van der Waals surface area (Å²) < 4.78 is 10.3. The predicted octanol–water partition coefficient (Wildman–Crippen LogP) is 9.16. The fourth-order valence-electron chi connectivity index (χ4n) is 7.71. The van der Waals surface area contributed by atoms with Crippen LogP contribution in [0.2, 0.25) is 0 Å². The van der Waals surface area contributed by atoms with Gasteiger partial charge < -0.3 is 9.47 Å². The van der Waals surface area contributed by atoms with Gasteiger partial charge in [-0.25, -0.2) is 9.59 Å². The number of aryl methyl sites for hydroxylation is 2. The Labute approximate surface area is 338 Å². The summed E-state index contributed by atoms with van der Waals surface area (Å²) in [4.78, 5) is 75.2. The van der Waals surface area contributed by atoms with Gasteiger partial charge in [-0.2, -0.15) is 0 Å². The lowest BCUT2D eigenvalue weighted by atomic mass is 9.88. The summed E-state index contributed by atoms with van der Waals surface area (Å²) in [5.74, 6) is -2.52. The zero-order chi connectivity index (χ0) is 41.0. The van der Waals surface area contributed by atoms with Gasteiger partial charge in [-0.05, 0) is 95.5 Å². The van der Waals surface area contributed by atoms with E-state index in [9.17, 15) is 28.8 Å². The SMILES string of the molecule is C=CCOC(=O)c1ccc(-c2c(CCCCCCCCCCCCc3ccc4c(c3-c3ccc(C(=O)OCC=C)cc3)C(=O)NC4=O)ccc3c2C(=O)NC3=O)cc1. The third kappa shape index (κ3) is 9.57. The molecule has 4 aromatic rings. The molecule has 0 aliphatic carbocycles. The highest BCUT2D eigenvalue weighted by Gasteiger charge is 2.32. The van der Waals surface area contributed by atoms with Gasteiger partial charge in [-0.1, -0.05) is 113 Å². The van der Waals surface area contributed by atoms with Gasteiger partial charge in [-0.15, -0.1) is 0 Å². The lowest BCUT2D eigenvalue weighted by molar-refractivity contribution is 0.0540. The smallest absolute Gasteiger partial charge is 0.338 e. The Balaban J connectivity index is 0.949. The van der Waals surface area contributed by atoms with Crippen LogP contribution < -0.4 is 10.6 Å². The Kier molecular flexibility index (Phi) is 14.0. The number of unbranched alkanes of at least 4 members (excludes halogenated alkanes) is 9. The monoisotopic (exact) mass is 780 g/mol. The second-order valence-electron chi connectivity index (χ2n) is 14.6. The minimum atomic E-state index is -0.456. The molecule has 298 valence electrons. The average molecular weight is 781 g/mol. The lowest BCUT2D eigenvalue weighted by Crippen LogP contribution is -2.20. The van der Waals surface area contributed by atoms with Crippen molar-refractivity contribution in [1.29, 1.82) is 0 Å². The van der Waals surface area contributed by atoms with Crippen LogP contribution in [0.3, 0.4) is 0 Å². The molecule has 10 heteroatoms. The summed E-state index contributed by atoms with van der Waals surface area (Å²) in [6, 6.07) is 21.2. The van der Waals surface area contributed by atoms with Gasteiger partial charge in [-0.3, -0.25) is 29.8 Å². The maximum absolute atomic E-state index is 12.9. The highest BCUT2D eigenvalue weighted by molar-refractivity contribution is 6.25. The van der Waals surface area contributed by atoms with E-state index in [1.54, 1.807) is 60.7 Å². The van der Waals surface area contributed by atoms with Crippen LogP contribution >= 0.6 is 0 Å². The molecule has 4 amide bonds. The second-order valence-corrected chi connectivity index (χ2v) is 14.6. The number of amides is 4. The number of hydrogen-bond acceptors (Lipinski definition) is 8. The summed E-state index contributed by atoms with van der Waals surface area (Å²) in [6.07, 6.45) is 15.3. The van der Waals surface area contributed by atoms with Gasteiger partial charge in [0.15, 0.2) is 0 Å². The molecule has 58 heavy (non-hydrogen) atoms. The van der Waals surface area contributed by atoms with Crippen LogP contribution in [0.25, 0.3) is 22.3 Å². The Morgan fingerprint density at radius 3 is 1.14 bits per heavy atom. The Morgan fingerprint density at radius 2 is 0.793 bits per heavy atom. The molecule has 2 aliphatic heterocycles. The molecule has 0 spiro atoms.